The van der Waals surface area contributed by atoms with Gasteiger partial charge in [0.05, 0.1) is 6.04 Å². The topological polar surface area (TPSA) is 70.2 Å². The fraction of sp³-hybridized carbons (Fsp3) is 0.800. The molecular formula is C10H19N3O2. The number of nitrogens with one attached hydrogen (secondary N) is 3. The van der Waals surface area contributed by atoms with E-state index in [2.05, 4.69) is 16.0 Å². The first kappa shape index (κ1) is 12.0. The van der Waals surface area contributed by atoms with Crippen LogP contribution in [0.1, 0.15) is 26.2 Å². The molecule has 1 saturated carbocycles. The molecule has 0 heterocycles. The van der Waals surface area contributed by atoms with E-state index in [1.165, 1.54) is 0 Å². The van der Waals surface area contributed by atoms with E-state index >= 15 is 0 Å². The van der Waals surface area contributed by atoms with E-state index in [0.717, 1.165) is 12.8 Å². The molecule has 2 amide bonds. The predicted octanol–water partition coefficient (Wildman–Crippen LogP) is -0.621. The van der Waals surface area contributed by atoms with Crippen molar-refractivity contribution in [2.45, 2.75) is 38.3 Å². The molecule has 0 aromatic carbocycles. The van der Waals surface area contributed by atoms with E-state index in [1.54, 1.807) is 14.0 Å². The largest absolute Gasteiger partial charge is 0.358 e. The molecule has 0 saturated heterocycles. The van der Waals surface area contributed by atoms with Gasteiger partial charge >= 0.3 is 0 Å². The molecule has 0 aromatic heterocycles. The standard InChI is InChI=1S/C10H19N3O2/c1-7(10(15)11-2)12-6-5-9(14)13-8-3-4-8/h7-8,12H,3-6H2,1-2H3,(H,11,15)(H,13,14). The van der Waals surface area contributed by atoms with Crippen molar-refractivity contribution in [3.63, 3.8) is 0 Å². The van der Waals surface area contributed by atoms with Gasteiger partial charge in [-0.25, -0.2) is 0 Å². The van der Waals surface area contributed by atoms with Crippen LogP contribution >= 0.6 is 0 Å². The first-order chi connectivity index (χ1) is 7.13. The fourth-order valence-corrected chi connectivity index (χ4v) is 1.24. The molecule has 1 rings (SSSR count). The number of rotatable bonds is 6. The third kappa shape index (κ3) is 4.78. The number of hydrogen-bond acceptors (Lipinski definition) is 3. The Morgan fingerprint density at radius 2 is 2.07 bits per heavy atom. The van der Waals surface area contributed by atoms with Crippen LogP contribution in [0.4, 0.5) is 0 Å². The minimum Gasteiger partial charge on any atom is -0.358 e. The molecule has 0 spiro atoms. The molecule has 1 aliphatic carbocycles. The van der Waals surface area contributed by atoms with Crippen molar-refractivity contribution < 1.29 is 9.59 Å². The second-order valence-electron chi connectivity index (χ2n) is 3.88. The molecule has 1 unspecified atom stereocenters. The molecule has 3 N–H and O–H groups in total. The molecule has 1 fully saturated rings. The van der Waals surface area contributed by atoms with Gasteiger partial charge in [0.15, 0.2) is 0 Å². The average Bonchev–Trinajstić information content (AvgIpc) is 3.00. The van der Waals surface area contributed by atoms with E-state index in [-0.39, 0.29) is 17.9 Å². The summed E-state index contributed by atoms with van der Waals surface area (Å²) >= 11 is 0. The number of hydrogen-bond donors (Lipinski definition) is 3. The Morgan fingerprint density at radius 1 is 1.40 bits per heavy atom. The summed E-state index contributed by atoms with van der Waals surface area (Å²) in [6, 6.07) is 0.164. The van der Waals surface area contributed by atoms with Crippen LogP contribution in [0.5, 0.6) is 0 Å². The highest BCUT2D eigenvalue weighted by molar-refractivity contribution is 5.81. The minimum atomic E-state index is -0.247. The average molecular weight is 213 g/mol. The Morgan fingerprint density at radius 3 is 2.60 bits per heavy atom. The summed E-state index contributed by atoms with van der Waals surface area (Å²) in [5.74, 6) is 0.00621. The number of carbonyl (C=O) groups excluding carboxylic acids is 2. The Kier molecular flexibility index (Phi) is 4.55. The van der Waals surface area contributed by atoms with Crippen LogP contribution in [0.3, 0.4) is 0 Å². The van der Waals surface area contributed by atoms with Crippen molar-refractivity contribution >= 4 is 11.8 Å². The zero-order valence-corrected chi connectivity index (χ0v) is 9.30. The van der Waals surface area contributed by atoms with Crippen LogP contribution in [0, 0.1) is 0 Å². The van der Waals surface area contributed by atoms with Crippen molar-refractivity contribution in [1.29, 1.82) is 0 Å². The lowest BCUT2D eigenvalue weighted by Gasteiger charge is -2.11. The highest BCUT2D eigenvalue weighted by Gasteiger charge is 2.22. The van der Waals surface area contributed by atoms with Gasteiger partial charge in [0.2, 0.25) is 11.8 Å². The summed E-state index contributed by atoms with van der Waals surface area (Å²) in [6.45, 7) is 2.31. The Labute approximate surface area is 90.0 Å². The third-order valence-electron chi connectivity index (χ3n) is 2.38. The maximum atomic E-state index is 11.3. The van der Waals surface area contributed by atoms with Gasteiger partial charge in [0.25, 0.3) is 0 Å². The van der Waals surface area contributed by atoms with Crippen LogP contribution in [-0.2, 0) is 9.59 Å². The van der Waals surface area contributed by atoms with Crippen LogP contribution < -0.4 is 16.0 Å². The van der Waals surface area contributed by atoms with Gasteiger partial charge in [-0.1, -0.05) is 0 Å². The highest BCUT2D eigenvalue weighted by atomic mass is 16.2. The van der Waals surface area contributed by atoms with E-state index in [1.807, 2.05) is 0 Å². The Balaban J connectivity index is 2.03. The molecular weight excluding hydrogens is 194 g/mol. The van der Waals surface area contributed by atoms with Gasteiger partial charge in [-0.3, -0.25) is 9.59 Å². The third-order valence-corrected chi connectivity index (χ3v) is 2.38. The number of carbonyl (C=O) groups is 2. The predicted molar refractivity (Wildman–Crippen MR) is 57.3 cm³/mol. The molecule has 0 aliphatic heterocycles. The molecule has 0 radical (unpaired) electrons. The highest BCUT2D eigenvalue weighted by Crippen LogP contribution is 2.18. The van der Waals surface area contributed by atoms with E-state index in [0.29, 0.717) is 19.0 Å². The first-order valence-corrected chi connectivity index (χ1v) is 5.38. The van der Waals surface area contributed by atoms with E-state index in [4.69, 9.17) is 0 Å². The summed E-state index contributed by atoms with van der Waals surface area (Å²) in [7, 11) is 1.60. The zero-order valence-electron chi connectivity index (χ0n) is 9.30. The van der Waals surface area contributed by atoms with Crippen molar-refractivity contribution in [1.82, 2.24) is 16.0 Å². The molecule has 86 valence electrons. The zero-order chi connectivity index (χ0) is 11.3. The Hall–Kier alpha value is -1.10. The number of likely N-dealkylation sites (N-methyl/N-ethyl adjacent to an activating group) is 1. The summed E-state index contributed by atoms with van der Waals surface area (Å²) < 4.78 is 0. The molecule has 5 heteroatoms. The molecule has 1 aliphatic rings. The lowest BCUT2D eigenvalue weighted by Crippen LogP contribution is -2.42. The van der Waals surface area contributed by atoms with Gasteiger partial charge in [-0.15, -0.1) is 0 Å². The van der Waals surface area contributed by atoms with Crippen molar-refractivity contribution in [3.8, 4) is 0 Å². The maximum Gasteiger partial charge on any atom is 0.236 e. The summed E-state index contributed by atoms with van der Waals surface area (Å²) in [5.41, 5.74) is 0. The van der Waals surface area contributed by atoms with E-state index < -0.39 is 0 Å². The van der Waals surface area contributed by atoms with Crippen LogP contribution in [0.15, 0.2) is 0 Å². The smallest absolute Gasteiger partial charge is 0.236 e. The van der Waals surface area contributed by atoms with Gasteiger partial charge in [-0.05, 0) is 19.8 Å². The van der Waals surface area contributed by atoms with Crippen molar-refractivity contribution in [2.75, 3.05) is 13.6 Å². The molecule has 15 heavy (non-hydrogen) atoms. The normalized spacial score (nSPS) is 16.9. The minimum absolute atomic E-state index is 0.0578. The molecule has 0 aromatic rings. The second-order valence-corrected chi connectivity index (χ2v) is 3.88. The van der Waals surface area contributed by atoms with Gasteiger partial charge in [0.1, 0.15) is 0 Å². The summed E-state index contributed by atoms with van der Waals surface area (Å²) in [4.78, 5) is 22.4. The molecule has 5 nitrogen and oxygen atoms in total. The van der Waals surface area contributed by atoms with Crippen molar-refractivity contribution in [2.24, 2.45) is 0 Å². The first-order valence-electron chi connectivity index (χ1n) is 5.38. The molecule has 0 bridgehead atoms. The Bertz CT molecular complexity index is 239. The van der Waals surface area contributed by atoms with Gasteiger partial charge in [0, 0.05) is 26.1 Å². The van der Waals surface area contributed by atoms with Crippen molar-refractivity contribution in [3.05, 3.63) is 0 Å². The fourth-order valence-electron chi connectivity index (χ4n) is 1.24. The van der Waals surface area contributed by atoms with Gasteiger partial charge in [-0.2, -0.15) is 0 Å². The number of amides is 2. The van der Waals surface area contributed by atoms with Gasteiger partial charge < -0.3 is 16.0 Å². The lowest BCUT2D eigenvalue weighted by molar-refractivity contribution is -0.123. The van der Waals surface area contributed by atoms with Crippen LogP contribution in [-0.4, -0.2) is 37.5 Å². The monoisotopic (exact) mass is 213 g/mol. The second kappa shape index (κ2) is 5.70. The molecule has 1 atom stereocenters. The van der Waals surface area contributed by atoms with Crippen LogP contribution in [0.2, 0.25) is 0 Å². The lowest BCUT2D eigenvalue weighted by atomic mass is 10.3. The summed E-state index contributed by atoms with van der Waals surface area (Å²) in [6.07, 6.45) is 2.64. The quantitative estimate of drug-likeness (QED) is 0.550. The van der Waals surface area contributed by atoms with E-state index in [9.17, 15) is 9.59 Å². The summed E-state index contributed by atoms with van der Waals surface area (Å²) in [5, 5.41) is 8.42. The van der Waals surface area contributed by atoms with Crippen LogP contribution in [0.25, 0.3) is 0 Å². The maximum absolute atomic E-state index is 11.3. The SMILES string of the molecule is CNC(=O)C(C)NCCC(=O)NC1CC1.